The van der Waals surface area contributed by atoms with E-state index in [0.717, 1.165) is 25.6 Å². The average molecular weight is 280 g/mol. The van der Waals surface area contributed by atoms with Crippen molar-refractivity contribution < 1.29 is 4.74 Å². The van der Waals surface area contributed by atoms with E-state index in [-0.39, 0.29) is 0 Å². The number of hydrogen-bond donors (Lipinski definition) is 1. The Morgan fingerprint density at radius 2 is 1.95 bits per heavy atom. The van der Waals surface area contributed by atoms with Gasteiger partial charge in [-0.15, -0.1) is 0 Å². The Kier molecular flexibility index (Phi) is 4.94. The summed E-state index contributed by atoms with van der Waals surface area (Å²) >= 11 is 0. The largest absolute Gasteiger partial charge is 0.467 e. The topological polar surface area (TPSA) is 66.4 Å². The van der Waals surface area contributed by atoms with Gasteiger partial charge in [-0.05, 0) is 32.9 Å². The van der Waals surface area contributed by atoms with Gasteiger partial charge in [0.1, 0.15) is 0 Å². The van der Waals surface area contributed by atoms with Crippen molar-refractivity contribution in [1.29, 1.82) is 0 Å². The number of nitrogens with one attached hydrogen (secondary N) is 1. The fourth-order valence-corrected chi connectivity index (χ4v) is 2.52. The lowest BCUT2D eigenvalue weighted by Gasteiger charge is -2.33. The molecule has 1 fully saturated rings. The number of anilines is 2. The molecular formula is C13H24N6O. The SMILES string of the molecule is CNc1nc(OC)nc(N2CCC(CN(C)C)CC2)n1. The monoisotopic (exact) mass is 280 g/mol. The van der Waals surface area contributed by atoms with E-state index < -0.39 is 0 Å². The molecule has 2 heterocycles. The number of ether oxygens (including phenoxy) is 1. The van der Waals surface area contributed by atoms with E-state index >= 15 is 0 Å². The highest BCUT2D eigenvalue weighted by Gasteiger charge is 2.22. The first-order chi connectivity index (χ1) is 9.62. The van der Waals surface area contributed by atoms with Crippen LogP contribution in [-0.4, -0.2) is 67.7 Å². The van der Waals surface area contributed by atoms with Crippen molar-refractivity contribution in [2.75, 3.05) is 58.1 Å². The van der Waals surface area contributed by atoms with Crippen molar-refractivity contribution in [3.63, 3.8) is 0 Å². The van der Waals surface area contributed by atoms with E-state index in [4.69, 9.17) is 4.74 Å². The number of methoxy groups -OCH3 is 1. The summed E-state index contributed by atoms with van der Waals surface area (Å²) in [7, 11) is 7.62. The Morgan fingerprint density at radius 3 is 2.50 bits per heavy atom. The van der Waals surface area contributed by atoms with Crippen LogP contribution in [0.4, 0.5) is 11.9 Å². The summed E-state index contributed by atoms with van der Waals surface area (Å²) in [6, 6.07) is 0.356. The van der Waals surface area contributed by atoms with Crippen molar-refractivity contribution in [2.45, 2.75) is 12.8 Å². The van der Waals surface area contributed by atoms with E-state index in [1.54, 1.807) is 14.2 Å². The van der Waals surface area contributed by atoms with Crippen LogP contribution >= 0.6 is 0 Å². The molecule has 0 spiro atoms. The van der Waals surface area contributed by atoms with Gasteiger partial charge in [0.25, 0.3) is 0 Å². The normalized spacial score (nSPS) is 16.6. The molecule has 0 amide bonds. The highest BCUT2D eigenvalue weighted by molar-refractivity contribution is 5.38. The fourth-order valence-electron chi connectivity index (χ4n) is 2.52. The predicted molar refractivity (Wildman–Crippen MR) is 79.4 cm³/mol. The van der Waals surface area contributed by atoms with Crippen LogP contribution < -0.4 is 15.0 Å². The van der Waals surface area contributed by atoms with Crippen molar-refractivity contribution in [3.05, 3.63) is 0 Å². The van der Waals surface area contributed by atoms with Crippen LogP contribution in [0, 0.1) is 5.92 Å². The third-order valence-electron chi connectivity index (χ3n) is 3.53. The van der Waals surface area contributed by atoms with Crippen LogP contribution in [-0.2, 0) is 0 Å². The van der Waals surface area contributed by atoms with Gasteiger partial charge >= 0.3 is 6.01 Å². The summed E-state index contributed by atoms with van der Waals surface area (Å²) in [6.07, 6.45) is 2.34. The Labute approximate surface area is 120 Å². The fraction of sp³-hybridized carbons (Fsp3) is 0.769. The molecule has 0 aliphatic carbocycles. The summed E-state index contributed by atoms with van der Waals surface area (Å²) in [5.74, 6) is 2.00. The van der Waals surface area contributed by atoms with Gasteiger partial charge in [0, 0.05) is 26.7 Å². The van der Waals surface area contributed by atoms with E-state index in [2.05, 4.69) is 44.2 Å². The third kappa shape index (κ3) is 3.69. The minimum absolute atomic E-state index is 0.356. The molecule has 0 radical (unpaired) electrons. The van der Waals surface area contributed by atoms with E-state index in [1.165, 1.54) is 12.8 Å². The molecule has 0 aromatic carbocycles. The van der Waals surface area contributed by atoms with Crippen molar-refractivity contribution in [1.82, 2.24) is 19.9 Å². The molecule has 0 unspecified atom stereocenters. The highest BCUT2D eigenvalue weighted by atomic mass is 16.5. The molecule has 1 aromatic rings. The van der Waals surface area contributed by atoms with Crippen LogP contribution in [0.5, 0.6) is 6.01 Å². The van der Waals surface area contributed by atoms with Gasteiger partial charge in [0.2, 0.25) is 11.9 Å². The second-order valence-electron chi connectivity index (χ2n) is 5.39. The van der Waals surface area contributed by atoms with Crippen molar-refractivity contribution in [3.8, 4) is 6.01 Å². The lowest BCUT2D eigenvalue weighted by molar-refractivity contribution is 0.284. The number of rotatable bonds is 5. The van der Waals surface area contributed by atoms with E-state index in [0.29, 0.717) is 17.9 Å². The molecule has 0 saturated carbocycles. The standard InChI is InChI=1S/C13H24N6O/c1-14-11-15-12(17-13(16-11)20-4)19-7-5-10(6-8-19)9-18(2)3/h10H,5-9H2,1-4H3,(H,14,15,16,17). The zero-order chi connectivity index (χ0) is 14.5. The summed E-state index contributed by atoms with van der Waals surface area (Å²) < 4.78 is 5.13. The van der Waals surface area contributed by atoms with Gasteiger partial charge < -0.3 is 19.9 Å². The molecule has 1 aromatic heterocycles. The molecule has 20 heavy (non-hydrogen) atoms. The summed E-state index contributed by atoms with van der Waals surface area (Å²) in [4.78, 5) is 17.3. The Morgan fingerprint density at radius 1 is 1.25 bits per heavy atom. The number of piperidine rings is 1. The maximum Gasteiger partial charge on any atom is 0.322 e. The minimum atomic E-state index is 0.356. The molecule has 2 rings (SSSR count). The van der Waals surface area contributed by atoms with Crippen molar-refractivity contribution >= 4 is 11.9 Å². The molecule has 7 heteroatoms. The molecule has 0 atom stereocenters. The Bertz CT molecular complexity index is 409. The molecule has 112 valence electrons. The van der Waals surface area contributed by atoms with Crippen LogP contribution in [0.2, 0.25) is 0 Å². The molecule has 1 aliphatic heterocycles. The van der Waals surface area contributed by atoms with Crippen LogP contribution in [0.15, 0.2) is 0 Å². The van der Waals surface area contributed by atoms with Crippen LogP contribution in [0.25, 0.3) is 0 Å². The summed E-state index contributed by atoms with van der Waals surface area (Å²) in [5.41, 5.74) is 0. The molecule has 1 saturated heterocycles. The molecule has 1 aliphatic rings. The molecule has 7 nitrogen and oxygen atoms in total. The van der Waals surface area contributed by atoms with E-state index in [1.807, 2.05) is 0 Å². The van der Waals surface area contributed by atoms with E-state index in [9.17, 15) is 0 Å². The molecule has 0 bridgehead atoms. The summed E-state index contributed by atoms with van der Waals surface area (Å²) in [6.45, 7) is 3.11. The summed E-state index contributed by atoms with van der Waals surface area (Å²) in [5, 5.41) is 2.94. The van der Waals surface area contributed by atoms with Crippen LogP contribution in [0.3, 0.4) is 0 Å². The van der Waals surface area contributed by atoms with Gasteiger partial charge in [-0.2, -0.15) is 15.0 Å². The lowest BCUT2D eigenvalue weighted by Crippen LogP contribution is -2.38. The Hall–Kier alpha value is -1.63. The maximum absolute atomic E-state index is 5.13. The van der Waals surface area contributed by atoms with Gasteiger partial charge in [-0.25, -0.2) is 0 Å². The number of nitrogens with zero attached hydrogens (tertiary/aromatic N) is 5. The van der Waals surface area contributed by atoms with Gasteiger partial charge in [-0.1, -0.05) is 0 Å². The minimum Gasteiger partial charge on any atom is -0.467 e. The zero-order valence-electron chi connectivity index (χ0n) is 12.8. The predicted octanol–water partition coefficient (Wildman–Crippen LogP) is 0.700. The van der Waals surface area contributed by atoms with Crippen molar-refractivity contribution in [2.24, 2.45) is 5.92 Å². The smallest absolute Gasteiger partial charge is 0.322 e. The number of aromatic nitrogens is 3. The average Bonchev–Trinajstić information content (AvgIpc) is 2.46. The highest BCUT2D eigenvalue weighted by Crippen LogP contribution is 2.22. The molecule has 1 N–H and O–H groups in total. The molecular weight excluding hydrogens is 256 g/mol. The second kappa shape index (κ2) is 6.69. The second-order valence-corrected chi connectivity index (χ2v) is 5.39. The third-order valence-corrected chi connectivity index (χ3v) is 3.53. The first-order valence-electron chi connectivity index (χ1n) is 7.00. The first kappa shape index (κ1) is 14.8. The lowest BCUT2D eigenvalue weighted by atomic mass is 9.97. The maximum atomic E-state index is 5.13. The van der Waals surface area contributed by atoms with Gasteiger partial charge in [0.15, 0.2) is 0 Å². The van der Waals surface area contributed by atoms with Gasteiger partial charge in [0.05, 0.1) is 7.11 Å². The van der Waals surface area contributed by atoms with Gasteiger partial charge in [-0.3, -0.25) is 0 Å². The van der Waals surface area contributed by atoms with Crippen LogP contribution in [0.1, 0.15) is 12.8 Å². The first-order valence-corrected chi connectivity index (χ1v) is 7.00. The Balaban J connectivity index is 2.02. The quantitative estimate of drug-likeness (QED) is 0.851. The zero-order valence-corrected chi connectivity index (χ0v) is 12.8. The number of hydrogen-bond acceptors (Lipinski definition) is 7.